The molecule has 7 heteroatoms. The molecule has 128 valence electrons. The first kappa shape index (κ1) is 17.3. The van der Waals surface area contributed by atoms with Crippen molar-refractivity contribution in [3.05, 3.63) is 47.9 Å². The summed E-state index contributed by atoms with van der Waals surface area (Å²) >= 11 is 1.37. The summed E-state index contributed by atoms with van der Waals surface area (Å²) in [5.41, 5.74) is 0.00160. The molecule has 0 spiro atoms. The Balaban J connectivity index is 1.61. The van der Waals surface area contributed by atoms with Gasteiger partial charge in [-0.1, -0.05) is 6.07 Å². The van der Waals surface area contributed by atoms with Crippen molar-refractivity contribution in [2.45, 2.75) is 29.1 Å². The van der Waals surface area contributed by atoms with Crippen LogP contribution >= 0.6 is 11.8 Å². The zero-order valence-electron chi connectivity index (χ0n) is 13.5. The lowest BCUT2D eigenvalue weighted by molar-refractivity contribution is -0.117. The standard InChI is InChI=1S/C18H17N3O3S/c19-11-13(18(22)21-12-15-4-3-9-23-15)10-14-6-7-17(24-14)25-16-5-1-2-8-20-16/h1-2,5-8,10,15H,3-4,9,12H2,(H,21,22)/b13-10+/t15-/m1/s1. The van der Waals surface area contributed by atoms with E-state index in [1.165, 1.54) is 17.8 Å². The molecule has 6 nitrogen and oxygen atoms in total. The average molecular weight is 355 g/mol. The largest absolute Gasteiger partial charge is 0.450 e. The fraction of sp³-hybridized carbons (Fsp3) is 0.278. The van der Waals surface area contributed by atoms with E-state index < -0.39 is 5.91 Å². The first-order chi connectivity index (χ1) is 12.2. The van der Waals surface area contributed by atoms with Crippen LogP contribution < -0.4 is 5.32 Å². The van der Waals surface area contributed by atoms with Crippen LogP contribution in [0.4, 0.5) is 0 Å². The number of nitrogens with zero attached hydrogens (tertiary/aromatic N) is 2. The number of furan rings is 1. The molecule has 25 heavy (non-hydrogen) atoms. The van der Waals surface area contributed by atoms with Crippen LogP contribution in [0.3, 0.4) is 0 Å². The summed E-state index contributed by atoms with van der Waals surface area (Å²) < 4.78 is 11.1. The molecule has 1 atom stereocenters. The van der Waals surface area contributed by atoms with Crippen LogP contribution in [0.5, 0.6) is 0 Å². The molecule has 0 saturated carbocycles. The van der Waals surface area contributed by atoms with E-state index in [1.54, 1.807) is 18.3 Å². The molecular formula is C18H17N3O3S. The summed E-state index contributed by atoms with van der Waals surface area (Å²) in [5.74, 6) is 0.0237. The Morgan fingerprint density at radius 1 is 1.44 bits per heavy atom. The molecular weight excluding hydrogens is 338 g/mol. The molecule has 2 aromatic rings. The molecule has 0 bridgehead atoms. The monoisotopic (exact) mass is 355 g/mol. The number of hydrogen-bond donors (Lipinski definition) is 1. The Morgan fingerprint density at radius 3 is 3.08 bits per heavy atom. The van der Waals surface area contributed by atoms with Gasteiger partial charge >= 0.3 is 0 Å². The number of aromatic nitrogens is 1. The summed E-state index contributed by atoms with van der Waals surface area (Å²) in [6.45, 7) is 1.14. The van der Waals surface area contributed by atoms with Crippen molar-refractivity contribution in [1.29, 1.82) is 5.26 Å². The smallest absolute Gasteiger partial charge is 0.262 e. The van der Waals surface area contributed by atoms with E-state index in [4.69, 9.17) is 9.15 Å². The molecule has 2 aromatic heterocycles. The maximum Gasteiger partial charge on any atom is 0.262 e. The Hall–Kier alpha value is -2.56. The van der Waals surface area contributed by atoms with Gasteiger partial charge in [0.2, 0.25) is 0 Å². The number of nitriles is 1. The summed E-state index contributed by atoms with van der Waals surface area (Å²) in [4.78, 5) is 16.3. The topological polar surface area (TPSA) is 88.2 Å². The number of hydrogen-bond acceptors (Lipinski definition) is 6. The van der Waals surface area contributed by atoms with Gasteiger partial charge in [-0.25, -0.2) is 4.98 Å². The fourth-order valence-electron chi connectivity index (χ4n) is 2.38. The molecule has 1 fully saturated rings. The average Bonchev–Trinajstić information content (AvgIpc) is 3.30. The minimum absolute atomic E-state index is 0.00160. The quantitative estimate of drug-likeness (QED) is 0.633. The van der Waals surface area contributed by atoms with Gasteiger partial charge in [-0.2, -0.15) is 5.26 Å². The van der Waals surface area contributed by atoms with Crippen molar-refractivity contribution >= 4 is 23.7 Å². The van der Waals surface area contributed by atoms with E-state index in [1.807, 2.05) is 24.3 Å². The van der Waals surface area contributed by atoms with E-state index in [0.29, 0.717) is 17.4 Å². The number of carbonyl (C=O) groups is 1. The Morgan fingerprint density at radius 2 is 2.36 bits per heavy atom. The molecule has 1 aliphatic rings. The van der Waals surface area contributed by atoms with Crippen molar-refractivity contribution in [2.75, 3.05) is 13.2 Å². The van der Waals surface area contributed by atoms with Crippen molar-refractivity contribution in [1.82, 2.24) is 10.3 Å². The second kappa shape index (κ2) is 8.51. The summed E-state index contributed by atoms with van der Waals surface area (Å²) in [6, 6.07) is 11.0. The lowest BCUT2D eigenvalue weighted by Crippen LogP contribution is -2.32. The Bertz CT molecular complexity index is 789. The van der Waals surface area contributed by atoms with Crippen LogP contribution in [-0.2, 0) is 9.53 Å². The number of nitrogens with one attached hydrogen (secondary N) is 1. The van der Waals surface area contributed by atoms with Gasteiger partial charge in [-0.15, -0.1) is 0 Å². The van der Waals surface area contributed by atoms with Gasteiger partial charge in [0, 0.05) is 25.4 Å². The molecule has 1 N–H and O–H groups in total. The highest BCUT2D eigenvalue weighted by molar-refractivity contribution is 7.99. The number of rotatable bonds is 6. The van der Waals surface area contributed by atoms with Gasteiger partial charge in [0.15, 0.2) is 5.09 Å². The van der Waals surface area contributed by atoms with E-state index in [0.717, 1.165) is 24.5 Å². The second-order valence-electron chi connectivity index (χ2n) is 5.44. The van der Waals surface area contributed by atoms with E-state index >= 15 is 0 Å². The van der Waals surface area contributed by atoms with Gasteiger partial charge in [-0.3, -0.25) is 4.79 Å². The highest BCUT2D eigenvalue weighted by Gasteiger charge is 2.18. The number of carbonyl (C=O) groups excluding carboxylic acids is 1. The zero-order chi connectivity index (χ0) is 17.5. The van der Waals surface area contributed by atoms with E-state index in [9.17, 15) is 10.1 Å². The number of pyridine rings is 1. The molecule has 3 rings (SSSR count). The summed E-state index contributed by atoms with van der Waals surface area (Å²) in [7, 11) is 0. The Kier molecular flexibility index (Phi) is 5.88. The summed E-state index contributed by atoms with van der Waals surface area (Å²) in [6.07, 6.45) is 5.11. The van der Waals surface area contributed by atoms with Crippen molar-refractivity contribution in [3.63, 3.8) is 0 Å². The molecule has 1 aliphatic heterocycles. The third-order valence-corrected chi connectivity index (χ3v) is 4.48. The number of ether oxygens (including phenoxy) is 1. The predicted molar refractivity (Wildman–Crippen MR) is 92.6 cm³/mol. The fourth-order valence-corrected chi connectivity index (χ4v) is 3.12. The van der Waals surface area contributed by atoms with Crippen molar-refractivity contribution in [3.8, 4) is 6.07 Å². The van der Waals surface area contributed by atoms with E-state index in [2.05, 4.69) is 10.3 Å². The zero-order valence-corrected chi connectivity index (χ0v) is 14.3. The maximum atomic E-state index is 12.1. The molecule has 1 amide bonds. The highest BCUT2D eigenvalue weighted by Crippen LogP contribution is 2.28. The molecule has 0 aliphatic carbocycles. The number of amides is 1. The van der Waals surface area contributed by atoms with Crippen molar-refractivity contribution in [2.24, 2.45) is 0 Å². The SMILES string of the molecule is N#C/C(=C\c1ccc(Sc2ccccn2)o1)C(=O)NC[C@H]1CCCO1. The molecule has 0 radical (unpaired) electrons. The highest BCUT2D eigenvalue weighted by atomic mass is 32.2. The molecule has 1 saturated heterocycles. The van der Waals surface area contributed by atoms with Crippen LogP contribution in [0, 0.1) is 11.3 Å². The van der Waals surface area contributed by atoms with Crippen molar-refractivity contribution < 1.29 is 13.9 Å². The van der Waals surface area contributed by atoms with E-state index in [-0.39, 0.29) is 11.7 Å². The lowest BCUT2D eigenvalue weighted by atomic mass is 10.2. The first-order valence-corrected chi connectivity index (χ1v) is 8.76. The van der Waals surface area contributed by atoms with Crippen LogP contribution in [-0.4, -0.2) is 30.1 Å². The lowest BCUT2D eigenvalue weighted by Gasteiger charge is -2.09. The van der Waals surface area contributed by atoms with Gasteiger partial charge in [0.25, 0.3) is 5.91 Å². The molecule has 0 aromatic carbocycles. The van der Waals surface area contributed by atoms with Gasteiger partial charge in [-0.05, 0) is 48.9 Å². The Labute approximate surface area is 149 Å². The third kappa shape index (κ3) is 4.95. The van der Waals surface area contributed by atoms with Crippen LogP contribution in [0.15, 0.2) is 56.6 Å². The normalized spacial score (nSPS) is 17.2. The predicted octanol–water partition coefficient (Wildman–Crippen LogP) is 3.03. The van der Waals surface area contributed by atoms with Crippen LogP contribution in [0.25, 0.3) is 6.08 Å². The van der Waals surface area contributed by atoms with Gasteiger partial charge in [0.1, 0.15) is 22.4 Å². The minimum Gasteiger partial charge on any atom is -0.450 e. The maximum absolute atomic E-state index is 12.1. The summed E-state index contributed by atoms with van der Waals surface area (Å²) in [5, 5.41) is 13.4. The molecule has 3 heterocycles. The first-order valence-electron chi connectivity index (χ1n) is 7.95. The van der Waals surface area contributed by atoms with Gasteiger partial charge < -0.3 is 14.5 Å². The second-order valence-corrected chi connectivity index (χ2v) is 6.47. The minimum atomic E-state index is -0.423. The van der Waals surface area contributed by atoms with Gasteiger partial charge in [0.05, 0.1) is 6.10 Å². The third-order valence-electron chi connectivity index (χ3n) is 3.61. The van der Waals surface area contributed by atoms with Crippen LogP contribution in [0.2, 0.25) is 0 Å². The molecule has 0 unspecified atom stereocenters. The van der Waals surface area contributed by atoms with Crippen LogP contribution in [0.1, 0.15) is 18.6 Å².